The molecule has 3 rings (SSSR count). The number of ketones is 2. The zero-order valence-electron chi connectivity index (χ0n) is 15.6. The van der Waals surface area contributed by atoms with Crippen LogP contribution in [0.4, 0.5) is 0 Å². The van der Waals surface area contributed by atoms with Crippen LogP contribution in [-0.2, 0) is 0 Å². The molecule has 3 aromatic carbocycles. The van der Waals surface area contributed by atoms with Gasteiger partial charge in [-0.25, -0.2) is 0 Å². The van der Waals surface area contributed by atoms with Crippen LogP contribution in [0.1, 0.15) is 45.2 Å². The molecule has 0 aliphatic rings. The van der Waals surface area contributed by atoms with E-state index in [1.165, 1.54) is 0 Å². The van der Waals surface area contributed by atoms with E-state index in [1.54, 1.807) is 0 Å². The van der Waals surface area contributed by atoms with Crippen LogP contribution in [0.3, 0.4) is 0 Å². The molecule has 134 valence electrons. The third kappa shape index (κ3) is 4.48. The van der Waals surface area contributed by atoms with Crippen molar-refractivity contribution in [2.45, 2.75) is 20.3 Å². The molecule has 0 heterocycles. The van der Waals surface area contributed by atoms with Gasteiger partial charge in [0.25, 0.3) is 0 Å². The molecule has 0 aliphatic heterocycles. The van der Waals surface area contributed by atoms with Gasteiger partial charge in [0.05, 0.1) is 0 Å². The number of benzene rings is 3. The Bertz CT molecular complexity index is 966. The Morgan fingerprint density at radius 2 is 1.19 bits per heavy atom. The highest BCUT2D eigenvalue weighted by molar-refractivity contribution is 6.15. The quantitative estimate of drug-likeness (QED) is 0.406. The minimum absolute atomic E-state index is 0.00510. The fraction of sp³-hybridized carbons (Fsp3) is 0.120. The summed E-state index contributed by atoms with van der Waals surface area (Å²) in [6, 6.07) is 26.4. The van der Waals surface area contributed by atoms with Gasteiger partial charge < -0.3 is 0 Å². The maximum atomic E-state index is 13.0. The maximum Gasteiger partial charge on any atom is 0.189 e. The van der Waals surface area contributed by atoms with Gasteiger partial charge in [0.1, 0.15) is 0 Å². The van der Waals surface area contributed by atoms with E-state index >= 15 is 0 Å². The van der Waals surface area contributed by atoms with Gasteiger partial charge in [-0.3, -0.25) is 9.59 Å². The Morgan fingerprint density at radius 3 is 1.74 bits per heavy atom. The SMILES string of the molecule is C/C(C(=O)c1ccc(C)cc1)=C(\CC(=O)c1ccccc1)c1ccccc1. The molecule has 0 bridgehead atoms. The van der Waals surface area contributed by atoms with Gasteiger partial charge in [0.15, 0.2) is 11.6 Å². The van der Waals surface area contributed by atoms with Crippen molar-refractivity contribution in [3.63, 3.8) is 0 Å². The molecule has 0 fully saturated rings. The van der Waals surface area contributed by atoms with E-state index in [-0.39, 0.29) is 18.0 Å². The van der Waals surface area contributed by atoms with Crippen molar-refractivity contribution in [2.75, 3.05) is 0 Å². The Morgan fingerprint density at radius 1 is 0.667 bits per heavy atom. The van der Waals surface area contributed by atoms with E-state index in [2.05, 4.69) is 0 Å². The summed E-state index contributed by atoms with van der Waals surface area (Å²) in [5.74, 6) is -0.0415. The molecule has 0 N–H and O–H groups in total. The number of carbonyl (C=O) groups excluding carboxylic acids is 2. The van der Waals surface area contributed by atoms with Gasteiger partial charge in [-0.05, 0) is 25.0 Å². The first-order valence-corrected chi connectivity index (χ1v) is 9.01. The Hall–Kier alpha value is -3.26. The molecule has 0 aromatic heterocycles. The normalized spacial score (nSPS) is 11.6. The van der Waals surface area contributed by atoms with Gasteiger partial charge in [-0.2, -0.15) is 0 Å². The number of hydrogen-bond acceptors (Lipinski definition) is 2. The van der Waals surface area contributed by atoms with Crippen LogP contribution in [0.25, 0.3) is 5.57 Å². The van der Waals surface area contributed by atoms with E-state index < -0.39 is 0 Å². The Labute approximate surface area is 160 Å². The fourth-order valence-electron chi connectivity index (χ4n) is 3.04. The van der Waals surface area contributed by atoms with Crippen LogP contribution >= 0.6 is 0 Å². The molecule has 2 nitrogen and oxygen atoms in total. The lowest BCUT2D eigenvalue weighted by Crippen LogP contribution is -2.08. The Balaban J connectivity index is 2.01. The van der Waals surface area contributed by atoms with Crippen LogP contribution in [0.15, 0.2) is 90.5 Å². The number of Topliss-reactive ketones (excluding diaryl/α,β-unsaturated/α-hetero) is 2. The topological polar surface area (TPSA) is 34.1 Å². The van der Waals surface area contributed by atoms with Crippen molar-refractivity contribution in [3.8, 4) is 0 Å². The van der Waals surface area contributed by atoms with Crippen molar-refractivity contribution in [1.29, 1.82) is 0 Å². The number of hydrogen-bond donors (Lipinski definition) is 0. The zero-order chi connectivity index (χ0) is 19.2. The van der Waals surface area contributed by atoms with Crippen molar-refractivity contribution in [2.24, 2.45) is 0 Å². The third-order valence-electron chi connectivity index (χ3n) is 4.66. The Kier molecular flexibility index (Phi) is 5.77. The van der Waals surface area contributed by atoms with Crippen LogP contribution < -0.4 is 0 Å². The molecule has 2 heteroatoms. The highest BCUT2D eigenvalue weighted by atomic mass is 16.1. The average molecular weight is 354 g/mol. The first kappa shape index (κ1) is 18.5. The lowest BCUT2D eigenvalue weighted by atomic mass is 9.90. The van der Waals surface area contributed by atoms with Gasteiger partial charge in [0, 0.05) is 23.1 Å². The molecular weight excluding hydrogens is 332 g/mol. The van der Waals surface area contributed by atoms with Crippen LogP contribution in [-0.4, -0.2) is 11.6 Å². The standard InChI is InChI=1S/C25H22O2/c1-18-13-15-22(16-14-18)25(27)19(2)23(20-9-5-3-6-10-20)17-24(26)21-11-7-4-8-12-21/h3-16H,17H2,1-2H3/b23-19-. The molecule has 27 heavy (non-hydrogen) atoms. The van der Waals surface area contributed by atoms with E-state index in [9.17, 15) is 9.59 Å². The summed E-state index contributed by atoms with van der Waals surface area (Å²) in [6.07, 6.45) is 0.192. The molecule has 0 atom stereocenters. The lowest BCUT2D eigenvalue weighted by molar-refractivity contribution is 0.0998. The van der Waals surface area contributed by atoms with Gasteiger partial charge >= 0.3 is 0 Å². The summed E-state index contributed by atoms with van der Waals surface area (Å²) in [6.45, 7) is 3.80. The minimum Gasteiger partial charge on any atom is -0.294 e. The first-order chi connectivity index (χ1) is 13.1. The first-order valence-electron chi connectivity index (χ1n) is 9.01. The number of allylic oxidation sites excluding steroid dienone is 2. The summed E-state index contributed by atoms with van der Waals surface area (Å²) in [7, 11) is 0. The summed E-state index contributed by atoms with van der Waals surface area (Å²) >= 11 is 0. The van der Waals surface area contributed by atoms with E-state index in [0.29, 0.717) is 16.7 Å². The molecular formula is C25H22O2. The zero-order valence-corrected chi connectivity index (χ0v) is 15.6. The van der Waals surface area contributed by atoms with Crippen LogP contribution in [0, 0.1) is 6.92 Å². The molecule has 0 unspecified atom stereocenters. The van der Waals surface area contributed by atoms with Crippen molar-refractivity contribution >= 4 is 17.1 Å². The summed E-state index contributed by atoms with van der Waals surface area (Å²) in [5.41, 5.74) is 4.68. The van der Waals surface area contributed by atoms with Crippen molar-refractivity contribution in [3.05, 3.63) is 113 Å². The highest BCUT2D eigenvalue weighted by Crippen LogP contribution is 2.26. The minimum atomic E-state index is -0.0466. The smallest absolute Gasteiger partial charge is 0.189 e. The molecule has 3 aromatic rings. The second kappa shape index (κ2) is 8.41. The van der Waals surface area contributed by atoms with Gasteiger partial charge in [0.2, 0.25) is 0 Å². The molecule has 0 saturated heterocycles. The number of aryl methyl sites for hydroxylation is 1. The second-order valence-corrected chi connectivity index (χ2v) is 6.63. The predicted octanol–water partition coefficient (Wildman–Crippen LogP) is 5.92. The van der Waals surface area contributed by atoms with E-state index in [1.807, 2.05) is 98.8 Å². The summed E-state index contributed by atoms with van der Waals surface area (Å²) in [5, 5.41) is 0. The second-order valence-electron chi connectivity index (χ2n) is 6.63. The molecule has 0 amide bonds. The monoisotopic (exact) mass is 354 g/mol. The molecule has 0 aliphatic carbocycles. The largest absolute Gasteiger partial charge is 0.294 e. The number of carbonyl (C=O) groups is 2. The molecule has 0 radical (unpaired) electrons. The van der Waals surface area contributed by atoms with E-state index in [4.69, 9.17) is 0 Å². The number of rotatable bonds is 6. The lowest BCUT2D eigenvalue weighted by Gasteiger charge is -2.12. The highest BCUT2D eigenvalue weighted by Gasteiger charge is 2.18. The maximum absolute atomic E-state index is 13.0. The van der Waals surface area contributed by atoms with Crippen LogP contribution in [0.2, 0.25) is 0 Å². The van der Waals surface area contributed by atoms with Crippen molar-refractivity contribution in [1.82, 2.24) is 0 Å². The molecule has 0 saturated carbocycles. The van der Waals surface area contributed by atoms with Crippen molar-refractivity contribution < 1.29 is 9.59 Å². The fourth-order valence-corrected chi connectivity index (χ4v) is 3.04. The third-order valence-corrected chi connectivity index (χ3v) is 4.66. The van der Waals surface area contributed by atoms with Gasteiger partial charge in [-0.1, -0.05) is 90.5 Å². The van der Waals surface area contributed by atoms with E-state index in [0.717, 1.165) is 16.7 Å². The predicted molar refractivity (Wildman–Crippen MR) is 110 cm³/mol. The summed E-state index contributed by atoms with van der Waals surface area (Å²) in [4.78, 5) is 25.8. The van der Waals surface area contributed by atoms with Crippen LogP contribution in [0.5, 0.6) is 0 Å². The molecule has 0 spiro atoms. The summed E-state index contributed by atoms with van der Waals surface area (Å²) < 4.78 is 0. The average Bonchev–Trinajstić information content (AvgIpc) is 2.72. The van der Waals surface area contributed by atoms with Gasteiger partial charge in [-0.15, -0.1) is 0 Å².